The van der Waals surface area contributed by atoms with E-state index < -0.39 is 0 Å². The molecule has 1 amide bonds. The lowest BCUT2D eigenvalue weighted by atomic mass is 9.92. The van der Waals surface area contributed by atoms with Gasteiger partial charge in [-0.15, -0.1) is 0 Å². The number of hydrogen-bond donors (Lipinski definition) is 1. The Balaban J connectivity index is 1.51. The Kier molecular flexibility index (Phi) is 6.40. The van der Waals surface area contributed by atoms with E-state index in [2.05, 4.69) is 10.3 Å². The van der Waals surface area contributed by atoms with Crippen molar-refractivity contribution in [2.75, 3.05) is 14.2 Å². The predicted octanol–water partition coefficient (Wildman–Crippen LogP) is 3.87. The van der Waals surface area contributed by atoms with Gasteiger partial charge in [0, 0.05) is 23.9 Å². The van der Waals surface area contributed by atoms with Crippen molar-refractivity contribution in [3.05, 3.63) is 47.1 Å². The van der Waals surface area contributed by atoms with Gasteiger partial charge in [-0.3, -0.25) is 4.79 Å². The maximum absolute atomic E-state index is 12.5. The average Bonchev–Trinajstić information content (AvgIpc) is 2.70. The second-order valence-corrected chi connectivity index (χ2v) is 6.89. The quantitative estimate of drug-likeness (QED) is 0.810. The third kappa shape index (κ3) is 5.04. The molecule has 3 rings (SSSR count). The fourth-order valence-electron chi connectivity index (χ4n) is 3.17. The van der Waals surface area contributed by atoms with Gasteiger partial charge in [0.2, 0.25) is 5.88 Å². The summed E-state index contributed by atoms with van der Waals surface area (Å²) >= 11 is 5.84. The fourth-order valence-corrected chi connectivity index (χ4v) is 3.29. The lowest BCUT2D eigenvalue weighted by Gasteiger charge is -2.29. The minimum atomic E-state index is -0.111. The summed E-state index contributed by atoms with van der Waals surface area (Å²) in [4.78, 5) is 16.7. The van der Waals surface area contributed by atoms with Crippen LogP contribution < -0.4 is 19.5 Å². The molecule has 0 atom stereocenters. The normalized spacial score (nSPS) is 19.2. The van der Waals surface area contributed by atoms with Gasteiger partial charge in [0.25, 0.3) is 5.91 Å². The number of hydrogen-bond acceptors (Lipinski definition) is 5. The molecule has 0 bridgehead atoms. The molecule has 27 heavy (non-hydrogen) atoms. The lowest BCUT2D eigenvalue weighted by molar-refractivity contribution is 0.0890. The molecule has 1 aromatic heterocycles. The molecule has 6 nitrogen and oxygen atoms in total. The Bertz CT molecular complexity index is 774. The minimum absolute atomic E-state index is 0.105. The van der Waals surface area contributed by atoms with Gasteiger partial charge in [-0.05, 0) is 49.9 Å². The summed E-state index contributed by atoms with van der Waals surface area (Å²) in [6.45, 7) is 0. The molecule has 0 unspecified atom stereocenters. The van der Waals surface area contributed by atoms with Crippen LogP contribution >= 0.6 is 11.6 Å². The molecule has 0 radical (unpaired) electrons. The van der Waals surface area contributed by atoms with E-state index in [9.17, 15) is 4.79 Å². The second kappa shape index (κ2) is 8.95. The molecular weight excluding hydrogens is 368 g/mol. The van der Waals surface area contributed by atoms with E-state index >= 15 is 0 Å². The SMILES string of the molecule is COc1ccc(C(=O)NC2CCC(Oc3ccc(Cl)cn3)CC2)cc1OC. The smallest absolute Gasteiger partial charge is 0.251 e. The first kappa shape index (κ1) is 19.3. The number of nitrogens with zero attached hydrogens (tertiary/aromatic N) is 1. The van der Waals surface area contributed by atoms with E-state index in [0.29, 0.717) is 28.0 Å². The van der Waals surface area contributed by atoms with Gasteiger partial charge in [0.05, 0.1) is 19.2 Å². The van der Waals surface area contributed by atoms with Gasteiger partial charge >= 0.3 is 0 Å². The number of pyridine rings is 1. The van der Waals surface area contributed by atoms with Crippen LogP contribution in [0.2, 0.25) is 5.02 Å². The van der Waals surface area contributed by atoms with E-state index in [-0.39, 0.29) is 18.1 Å². The van der Waals surface area contributed by atoms with Crippen molar-refractivity contribution in [1.82, 2.24) is 10.3 Å². The number of amides is 1. The number of aromatic nitrogens is 1. The molecule has 2 aromatic rings. The van der Waals surface area contributed by atoms with Crippen molar-refractivity contribution in [1.29, 1.82) is 0 Å². The molecule has 144 valence electrons. The monoisotopic (exact) mass is 390 g/mol. The van der Waals surface area contributed by atoms with Crippen LogP contribution in [0.4, 0.5) is 0 Å². The summed E-state index contributed by atoms with van der Waals surface area (Å²) in [6.07, 6.45) is 5.12. The van der Waals surface area contributed by atoms with Gasteiger partial charge in [-0.1, -0.05) is 11.6 Å². The average molecular weight is 391 g/mol. The molecule has 0 spiro atoms. The van der Waals surface area contributed by atoms with Crippen molar-refractivity contribution in [2.24, 2.45) is 0 Å². The summed E-state index contributed by atoms with van der Waals surface area (Å²) in [6, 6.07) is 8.82. The number of nitrogens with one attached hydrogen (secondary N) is 1. The topological polar surface area (TPSA) is 69.7 Å². The Morgan fingerprint density at radius 3 is 2.44 bits per heavy atom. The Hall–Kier alpha value is -2.47. The van der Waals surface area contributed by atoms with E-state index in [1.54, 1.807) is 50.7 Å². The van der Waals surface area contributed by atoms with E-state index in [1.807, 2.05) is 0 Å². The van der Waals surface area contributed by atoms with Crippen molar-refractivity contribution in [3.8, 4) is 17.4 Å². The number of rotatable bonds is 6. The zero-order valence-corrected chi connectivity index (χ0v) is 16.2. The summed E-state index contributed by atoms with van der Waals surface area (Å²) in [7, 11) is 3.12. The molecule has 1 heterocycles. The minimum Gasteiger partial charge on any atom is -0.493 e. The summed E-state index contributed by atoms with van der Waals surface area (Å²) in [5.74, 6) is 1.61. The van der Waals surface area contributed by atoms with Crippen LogP contribution in [-0.4, -0.2) is 37.3 Å². The Morgan fingerprint density at radius 1 is 1.07 bits per heavy atom. The molecule has 0 saturated heterocycles. The molecule has 1 N–H and O–H groups in total. The van der Waals surface area contributed by atoms with Crippen LogP contribution in [0.3, 0.4) is 0 Å². The van der Waals surface area contributed by atoms with Crippen molar-refractivity contribution in [2.45, 2.75) is 37.8 Å². The highest BCUT2D eigenvalue weighted by Gasteiger charge is 2.24. The van der Waals surface area contributed by atoms with Crippen LogP contribution in [0, 0.1) is 0 Å². The molecule has 7 heteroatoms. The number of methoxy groups -OCH3 is 2. The fraction of sp³-hybridized carbons (Fsp3) is 0.400. The summed E-state index contributed by atoms with van der Waals surface area (Å²) in [5.41, 5.74) is 0.552. The van der Waals surface area contributed by atoms with Gasteiger partial charge in [-0.2, -0.15) is 0 Å². The van der Waals surface area contributed by atoms with Crippen molar-refractivity contribution < 1.29 is 19.0 Å². The predicted molar refractivity (Wildman–Crippen MR) is 103 cm³/mol. The Labute approximate surface area is 163 Å². The van der Waals surface area contributed by atoms with Crippen molar-refractivity contribution >= 4 is 17.5 Å². The highest BCUT2D eigenvalue weighted by Crippen LogP contribution is 2.28. The van der Waals surface area contributed by atoms with E-state index in [4.69, 9.17) is 25.8 Å². The Morgan fingerprint density at radius 2 is 1.81 bits per heavy atom. The highest BCUT2D eigenvalue weighted by molar-refractivity contribution is 6.30. The van der Waals surface area contributed by atoms with Crippen LogP contribution in [0.25, 0.3) is 0 Å². The van der Waals surface area contributed by atoms with Crippen LogP contribution in [0.5, 0.6) is 17.4 Å². The standard InChI is InChI=1S/C20H23ClN2O4/c1-25-17-9-3-13(11-18(17)26-2)20(24)23-15-5-7-16(8-6-15)27-19-10-4-14(21)12-22-19/h3-4,9-12,15-16H,5-8H2,1-2H3,(H,23,24). The first-order chi connectivity index (χ1) is 13.1. The lowest BCUT2D eigenvalue weighted by Crippen LogP contribution is -2.39. The van der Waals surface area contributed by atoms with Crippen LogP contribution in [0.15, 0.2) is 36.5 Å². The third-order valence-corrected chi connectivity index (χ3v) is 4.87. The molecule has 1 saturated carbocycles. The molecule has 1 aliphatic rings. The number of ether oxygens (including phenoxy) is 3. The largest absolute Gasteiger partial charge is 0.493 e. The molecular formula is C20H23ClN2O4. The third-order valence-electron chi connectivity index (χ3n) is 4.64. The number of carbonyl (C=O) groups is 1. The van der Waals surface area contributed by atoms with E-state index in [0.717, 1.165) is 25.7 Å². The molecule has 1 aliphatic carbocycles. The first-order valence-corrected chi connectivity index (χ1v) is 9.28. The van der Waals surface area contributed by atoms with E-state index in [1.165, 1.54) is 0 Å². The number of carbonyl (C=O) groups excluding carboxylic acids is 1. The van der Waals surface area contributed by atoms with Gasteiger partial charge in [0.15, 0.2) is 11.5 Å². The second-order valence-electron chi connectivity index (χ2n) is 6.45. The summed E-state index contributed by atoms with van der Waals surface area (Å²) in [5, 5.41) is 3.68. The molecule has 1 fully saturated rings. The van der Waals surface area contributed by atoms with Crippen molar-refractivity contribution in [3.63, 3.8) is 0 Å². The van der Waals surface area contributed by atoms with Gasteiger partial charge in [-0.25, -0.2) is 4.98 Å². The molecule has 1 aromatic carbocycles. The van der Waals surface area contributed by atoms with Gasteiger partial charge < -0.3 is 19.5 Å². The van der Waals surface area contributed by atoms with Gasteiger partial charge in [0.1, 0.15) is 6.10 Å². The number of benzene rings is 1. The zero-order chi connectivity index (χ0) is 19.2. The summed E-state index contributed by atoms with van der Waals surface area (Å²) < 4.78 is 16.4. The van der Waals surface area contributed by atoms with Crippen LogP contribution in [-0.2, 0) is 0 Å². The van der Waals surface area contributed by atoms with Crippen LogP contribution in [0.1, 0.15) is 36.0 Å². The zero-order valence-electron chi connectivity index (χ0n) is 15.4. The maximum Gasteiger partial charge on any atom is 0.251 e. The first-order valence-electron chi connectivity index (χ1n) is 8.90. The highest BCUT2D eigenvalue weighted by atomic mass is 35.5. The maximum atomic E-state index is 12.5. The number of halogens is 1. The molecule has 0 aliphatic heterocycles.